The first kappa shape index (κ1) is 19.7. The maximum Gasteiger partial charge on any atom is 0.221 e. The van der Waals surface area contributed by atoms with Crippen LogP contribution >= 0.6 is 11.3 Å². The van der Waals surface area contributed by atoms with Crippen molar-refractivity contribution in [2.45, 2.75) is 33.1 Å². The highest BCUT2D eigenvalue weighted by atomic mass is 32.1. The van der Waals surface area contributed by atoms with Crippen LogP contribution in [0.2, 0.25) is 0 Å². The number of furan rings is 1. The van der Waals surface area contributed by atoms with Crippen LogP contribution in [0.15, 0.2) is 75.1 Å². The summed E-state index contributed by atoms with van der Waals surface area (Å²) >= 11 is 1.78. The number of hydrogen-bond acceptors (Lipinski definition) is 3. The Hall–Kier alpha value is -3.24. The van der Waals surface area contributed by atoms with Gasteiger partial charge in [0.1, 0.15) is 11.9 Å². The molecule has 5 aromatic rings. The Morgan fingerprint density at radius 2 is 1.74 bits per heavy atom. The fraction of sp³-hybridized carbons (Fsp3) is 0.185. The van der Waals surface area contributed by atoms with Crippen LogP contribution in [-0.4, -0.2) is 12.6 Å². The molecule has 0 saturated carbocycles. The lowest BCUT2D eigenvalue weighted by atomic mass is 9.83. The van der Waals surface area contributed by atoms with Crippen molar-refractivity contribution in [3.8, 4) is 0 Å². The fourth-order valence-electron chi connectivity index (χ4n) is 4.03. The highest BCUT2D eigenvalue weighted by Crippen LogP contribution is 2.36. The molecular weight excluding hydrogens is 400 g/mol. The molecule has 0 aliphatic carbocycles. The molecule has 2 heterocycles. The SMILES string of the molecule is Cc1cc2ccc3oc(/N=C\N=Cc4cc(C(C)(C)C)c5ccccc5c4)cc3c2s1. The Morgan fingerprint density at radius 3 is 2.58 bits per heavy atom. The van der Waals surface area contributed by atoms with Crippen LogP contribution in [0.1, 0.15) is 36.8 Å². The second-order valence-corrected chi connectivity index (χ2v) is 10.2. The fourth-order valence-corrected chi connectivity index (χ4v) is 5.05. The van der Waals surface area contributed by atoms with Crippen molar-refractivity contribution >= 4 is 61.6 Å². The Bertz CT molecular complexity index is 1480. The third kappa shape index (κ3) is 3.79. The minimum atomic E-state index is 0.0529. The highest BCUT2D eigenvalue weighted by Gasteiger charge is 2.17. The van der Waals surface area contributed by atoms with Crippen LogP contribution < -0.4 is 0 Å². The molecule has 0 fully saturated rings. The number of hydrogen-bond donors (Lipinski definition) is 0. The molecule has 0 unspecified atom stereocenters. The minimum absolute atomic E-state index is 0.0529. The molecule has 0 amide bonds. The van der Waals surface area contributed by atoms with Crippen molar-refractivity contribution in [2.75, 3.05) is 0 Å². The lowest BCUT2D eigenvalue weighted by Crippen LogP contribution is -2.12. The molecule has 0 spiro atoms. The average molecular weight is 425 g/mol. The second kappa shape index (κ2) is 7.47. The monoisotopic (exact) mass is 424 g/mol. The predicted molar refractivity (Wildman–Crippen MR) is 135 cm³/mol. The molecule has 0 N–H and O–H groups in total. The molecule has 4 heteroatoms. The number of thiophene rings is 1. The van der Waals surface area contributed by atoms with Crippen LogP contribution in [-0.2, 0) is 5.41 Å². The first-order valence-corrected chi connectivity index (χ1v) is 11.2. The van der Waals surface area contributed by atoms with Crippen molar-refractivity contribution in [3.05, 3.63) is 76.7 Å². The van der Waals surface area contributed by atoms with E-state index in [1.807, 2.05) is 18.3 Å². The standard InChI is InChI=1S/C27H24N2OS/c1-17-11-20-9-10-24-22(26(20)31-17)14-25(30-24)29-16-28-15-18-12-19-7-5-6-8-21(19)23(13-18)27(2,3)4/h5-16H,1-4H3/b28-15?,29-16-. The van der Waals surface area contributed by atoms with E-state index in [1.165, 1.54) is 31.3 Å². The van der Waals surface area contributed by atoms with Gasteiger partial charge in [-0.05, 0) is 70.0 Å². The molecular formula is C27H24N2OS. The topological polar surface area (TPSA) is 37.9 Å². The van der Waals surface area contributed by atoms with Crippen LogP contribution in [0, 0.1) is 6.92 Å². The van der Waals surface area contributed by atoms with Crippen molar-refractivity contribution < 1.29 is 4.42 Å². The van der Waals surface area contributed by atoms with E-state index in [4.69, 9.17) is 4.42 Å². The molecule has 0 bridgehead atoms. The van der Waals surface area contributed by atoms with Crippen molar-refractivity contribution in [1.82, 2.24) is 0 Å². The van der Waals surface area contributed by atoms with Gasteiger partial charge in [0, 0.05) is 27.2 Å². The first-order valence-electron chi connectivity index (χ1n) is 10.4. The predicted octanol–water partition coefficient (Wildman–Crippen LogP) is 8.19. The van der Waals surface area contributed by atoms with E-state index in [2.05, 4.69) is 86.2 Å². The molecule has 3 nitrogen and oxygen atoms in total. The van der Waals surface area contributed by atoms with Crippen molar-refractivity contribution in [3.63, 3.8) is 0 Å². The average Bonchev–Trinajstić information content (AvgIpc) is 3.32. The van der Waals surface area contributed by atoms with E-state index in [0.29, 0.717) is 5.88 Å². The summed E-state index contributed by atoms with van der Waals surface area (Å²) in [6.07, 6.45) is 3.41. The summed E-state index contributed by atoms with van der Waals surface area (Å²) in [5.41, 5.74) is 3.29. The van der Waals surface area contributed by atoms with Crippen molar-refractivity contribution in [1.29, 1.82) is 0 Å². The molecule has 0 radical (unpaired) electrons. The molecule has 2 aromatic heterocycles. The van der Waals surface area contributed by atoms with Gasteiger partial charge < -0.3 is 4.42 Å². The summed E-state index contributed by atoms with van der Waals surface area (Å²) in [6.45, 7) is 8.85. The zero-order chi connectivity index (χ0) is 21.6. The lowest BCUT2D eigenvalue weighted by Gasteiger charge is -2.22. The first-order chi connectivity index (χ1) is 14.9. The van der Waals surface area contributed by atoms with Gasteiger partial charge in [0.15, 0.2) is 0 Å². The van der Waals surface area contributed by atoms with Crippen LogP contribution in [0.4, 0.5) is 5.88 Å². The van der Waals surface area contributed by atoms with E-state index < -0.39 is 0 Å². The van der Waals surface area contributed by atoms with E-state index in [-0.39, 0.29) is 5.41 Å². The third-order valence-corrected chi connectivity index (χ3v) is 6.56. The molecule has 5 rings (SSSR count). The minimum Gasteiger partial charge on any atom is -0.438 e. The maximum atomic E-state index is 5.89. The summed E-state index contributed by atoms with van der Waals surface area (Å²) < 4.78 is 7.14. The number of aryl methyl sites for hydroxylation is 1. The maximum absolute atomic E-state index is 5.89. The number of nitrogens with zero attached hydrogens (tertiary/aromatic N) is 2. The zero-order valence-corrected chi connectivity index (χ0v) is 19.0. The van der Waals surface area contributed by atoms with Crippen LogP contribution in [0.3, 0.4) is 0 Å². The molecule has 0 atom stereocenters. The van der Waals surface area contributed by atoms with E-state index in [0.717, 1.165) is 16.5 Å². The van der Waals surface area contributed by atoms with E-state index in [1.54, 1.807) is 17.7 Å². The summed E-state index contributed by atoms with van der Waals surface area (Å²) in [4.78, 5) is 10.1. The smallest absolute Gasteiger partial charge is 0.221 e. The van der Waals surface area contributed by atoms with Gasteiger partial charge in [-0.3, -0.25) is 0 Å². The van der Waals surface area contributed by atoms with Crippen molar-refractivity contribution in [2.24, 2.45) is 9.98 Å². The molecule has 0 aliphatic heterocycles. The van der Waals surface area contributed by atoms with Gasteiger partial charge in [-0.25, -0.2) is 9.98 Å². The Kier molecular flexibility index (Phi) is 4.75. The highest BCUT2D eigenvalue weighted by molar-refractivity contribution is 7.20. The number of rotatable bonds is 3. The van der Waals surface area contributed by atoms with Gasteiger partial charge in [0.2, 0.25) is 5.88 Å². The summed E-state index contributed by atoms with van der Waals surface area (Å²) in [7, 11) is 0. The van der Waals surface area contributed by atoms with Gasteiger partial charge >= 0.3 is 0 Å². The Morgan fingerprint density at radius 1 is 0.903 bits per heavy atom. The van der Waals surface area contributed by atoms with Gasteiger partial charge in [0.05, 0.1) is 0 Å². The molecule has 0 aliphatic rings. The summed E-state index contributed by atoms with van der Waals surface area (Å²) in [6, 6.07) is 21.2. The third-order valence-electron chi connectivity index (χ3n) is 5.46. The van der Waals surface area contributed by atoms with Gasteiger partial charge in [0.25, 0.3) is 0 Å². The molecule has 154 valence electrons. The van der Waals surface area contributed by atoms with Crippen LogP contribution in [0.25, 0.3) is 31.8 Å². The van der Waals surface area contributed by atoms with Gasteiger partial charge in [-0.2, -0.15) is 0 Å². The molecule has 31 heavy (non-hydrogen) atoms. The van der Waals surface area contributed by atoms with Gasteiger partial charge in [-0.15, -0.1) is 11.3 Å². The summed E-state index contributed by atoms with van der Waals surface area (Å²) in [5.74, 6) is 0.569. The second-order valence-electron chi connectivity index (χ2n) is 8.90. The van der Waals surface area contributed by atoms with Gasteiger partial charge in [-0.1, -0.05) is 45.0 Å². The quantitative estimate of drug-likeness (QED) is 0.212. The Labute approximate surface area is 185 Å². The summed E-state index contributed by atoms with van der Waals surface area (Å²) in [5, 5.41) is 4.87. The lowest BCUT2D eigenvalue weighted by molar-refractivity contribution is 0.596. The number of aliphatic imine (C=N–C) groups is 2. The normalized spacial score (nSPS) is 12.9. The Balaban J connectivity index is 1.45. The number of benzene rings is 3. The molecule has 3 aromatic carbocycles. The molecule has 0 saturated heterocycles. The van der Waals surface area contributed by atoms with Crippen LogP contribution in [0.5, 0.6) is 0 Å². The zero-order valence-electron chi connectivity index (χ0n) is 18.1. The largest absolute Gasteiger partial charge is 0.438 e. The van der Waals surface area contributed by atoms with E-state index in [9.17, 15) is 0 Å². The number of fused-ring (bicyclic) bond motifs is 4. The van der Waals surface area contributed by atoms with E-state index >= 15 is 0 Å².